The molecule has 2 aromatic rings. The number of carbonyl (C=O) groups is 2. The van der Waals surface area contributed by atoms with Crippen molar-refractivity contribution in [1.82, 2.24) is 5.32 Å². The van der Waals surface area contributed by atoms with Gasteiger partial charge in [0.2, 0.25) is 11.8 Å². The van der Waals surface area contributed by atoms with Gasteiger partial charge in [-0.25, -0.2) is 0 Å². The van der Waals surface area contributed by atoms with Gasteiger partial charge in [-0.1, -0.05) is 43.3 Å². The molecule has 2 rings (SSSR count). The lowest BCUT2D eigenvalue weighted by Crippen LogP contribution is -2.38. The van der Waals surface area contributed by atoms with Crippen molar-refractivity contribution in [1.29, 1.82) is 0 Å². The van der Waals surface area contributed by atoms with E-state index in [1.807, 2.05) is 42.5 Å². The number of hydrogen-bond donors (Lipinski definition) is 3. The van der Waals surface area contributed by atoms with Crippen LogP contribution < -0.4 is 16.4 Å². The zero-order valence-electron chi connectivity index (χ0n) is 11.9. The van der Waals surface area contributed by atoms with Gasteiger partial charge in [-0.05, 0) is 11.5 Å². The van der Waals surface area contributed by atoms with E-state index in [2.05, 4.69) is 10.6 Å². The quantitative estimate of drug-likeness (QED) is 0.778. The molecule has 5 nitrogen and oxygen atoms in total. The average Bonchev–Trinajstić information content (AvgIpc) is 2.52. The normalized spacial score (nSPS) is 11.9. The van der Waals surface area contributed by atoms with Crippen LogP contribution in [0.5, 0.6) is 0 Å². The summed E-state index contributed by atoms with van der Waals surface area (Å²) in [5.74, 6) is -0.773. The number of benzene rings is 2. The van der Waals surface area contributed by atoms with Crippen LogP contribution in [0.3, 0.4) is 0 Å². The number of nitrogens with two attached hydrogens (primary N) is 1. The maximum absolute atomic E-state index is 11.9. The Morgan fingerprint density at radius 2 is 1.86 bits per heavy atom. The summed E-state index contributed by atoms with van der Waals surface area (Å²) in [5, 5.41) is 7.40. The molecule has 21 heavy (non-hydrogen) atoms. The molecule has 0 spiro atoms. The van der Waals surface area contributed by atoms with Crippen LogP contribution in [0, 0.1) is 5.92 Å². The van der Waals surface area contributed by atoms with Crippen LogP contribution in [0.1, 0.15) is 6.92 Å². The highest BCUT2D eigenvalue weighted by atomic mass is 16.2. The zero-order valence-corrected chi connectivity index (χ0v) is 11.9. The Morgan fingerprint density at radius 1 is 1.14 bits per heavy atom. The SMILES string of the molecule is CC(CN)C(=O)NCC(=O)Nc1cccc2ccccc12. The highest BCUT2D eigenvalue weighted by Crippen LogP contribution is 2.22. The number of rotatable bonds is 5. The first-order chi connectivity index (χ1) is 10.1. The number of anilines is 1. The van der Waals surface area contributed by atoms with Crippen LogP contribution in [0.2, 0.25) is 0 Å². The second-order valence-corrected chi connectivity index (χ2v) is 4.93. The highest BCUT2D eigenvalue weighted by molar-refractivity contribution is 6.03. The lowest BCUT2D eigenvalue weighted by atomic mass is 10.1. The number of hydrogen-bond acceptors (Lipinski definition) is 3. The summed E-state index contributed by atoms with van der Waals surface area (Å²) in [6.45, 7) is 1.92. The van der Waals surface area contributed by atoms with Crippen LogP contribution >= 0.6 is 0 Å². The number of carbonyl (C=O) groups excluding carboxylic acids is 2. The summed E-state index contributed by atoms with van der Waals surface area (Å²) in [7, 11) is 0. The summed E-state index contributed by atoms with van der Waals surface area (Å²) in [4.78, 5) is 23.5. The molecule has 0 saturated carbocycles. The van der Waals surface area contributed by atoms with Gasteiger partial charge in [0.1, 0.15) is 0 Å². The van der Waals surface area contributed by atoms with Gasteiger partial charge in [0.25, 0.3) is 0 Å². The van der Waals surface area contributed by atoms with E-state index in [1.165, 1.54) is 0 Å². The smallest absolute Gasteiger partial charge is 0.243 e. The van der Waals surface area contributed by atoms with Crippen LogP contribution in [0.4, 0.5) is 5.69 Å². The van der Waals surface area contributed by atoms with Crippen molar-refractivity contribution in [2.24, 2.45) is 11.7 Å². The van der Waals surface area contributed by atoms with E-state index in [0.717, 1.165) is 16.5 Å². The Bertz CT molecular complexity index is 650. The number of nitrogens with one attached hydrogen (secondary N) is 2. The molecule has 110 valence electrons. The summed E-state index contributed by atoms with van der Waals surface area (Å²) in [6.07, 6.45) is 0. The van der Waals surface area contributed by atoms with Crippen molar-refractivity contribution < 1.29 is 9.59 Å². The third-order valence-electron chi connectivity index (χ3n) is 3.29. The zero-order chi connectivity index (χ0) is 15.2. The monoisotopic (exact) mass is 285 g/mol. The Morgan fingerprint density at radius 3 is 2.62 bits per heavy atom. The van der Waals surface area contributed by atoms with Crippen LogP contribution in [0.25, 0.3) is 10.8 Å². The van der Waals surface area contributed by atoms with Gasteiger partial charge in [-0.15, -0.1) is 0 Å². The second kappa shape index (κ2) is 6.85. The topological polar surface area (TPSA) is 84.2 Å². The molecule has 0 fully saturated rings. The van der Waals surface area contributed by atoms with E-state index in [-0.39, 0.29) is 30.8 Å². The van der Waals surface area contributed by atoms with Crippen LogP contribution in [-0.4, -0.2) is 24.9 Å². The van der Waals surface area contributed by atoms with Crippen molar-refractivity contribution in [2.75, 3.05) is 18.4 Å². The van der Waals surface area contributed by atoms with Crippen LogP contribution in [0.15, 0.2) is 42.5 Å². The van der Waals surface area contributed by atoms with E-state index in [0.29, 0.717) is 0 Å². The molecule has 2 aromatic carbocycles. The predicted octanol–water partition coefficient (Wildman–Crippen LogP) is 1.49. The van der Waals surface area contributed by atoms with Crippen molar-refractivity contribution in [3.8, 4) is 0 Å². The lowest BCUT2D eigenvalue weighted by Gasteiger charge is -2.11. The third-order valence-corrected chi connectivity index (χ3v) is 3.29. The molecule has 1 unspecified atom stereocenters. The van der Waals surface area contributed by atoms with Crippen LogP contribution in [-0.2, 0) is 9.59 Å². The first-order valence-electron chi connectivity index (χ1n) is 6.87. The first kappa shape index (κ1) is 15.0. The maximum atomic E-state index is 11.9. The molecule has 0 aromatic heterocycles. The van der Waals surface area contributed by atoms with Gasteiger partial charge in [0.05, 0.1) is 6.54 Å². The van der Waals surface area contributed by atoms with E-state index in [4.69, 9.17) is 5.73 Å². The second-order valence-electron chi connectivity index (χ2n) is 4.93. The Hall–Kier alpha value is -2.40. The van der Waals surface area contributed by atoms with Gasteiger partial charge >= 0.3 is 0 Å². The van der Waals surface area contributed by atoms with E-state index in [1.54, 1.807) is 6.92 Å². The lowest BCUT2D eigenvalue weighted by molar-refractivity contribution is -0.126. The van der Waals surface area contributed by atoms with E-state index < -0.39 is 0 Å². The summed E-state index contributed by atoms with van der Waals surface area (Å²) < 4.78 is 0. The first-order valence-corrected chi connectivity index (χ1v) is 6.87. The summed E-state index contributed by atoms with van der Waals surface area (Å²) >= 11 is 0. The Labute approximate surface area is 123 Å². The fourth-order valence-corrected chi connectivity index (χ4v) is 1.98. The minimum absolute atomic E-state index is 0.0631. The molecule has 0 aliphatic rings. The molecule has 4 N–H and O–H groups in total. The van der Waals surface area contributed by atoms with Gasteiger partial charge in [0, 0.05) is 23.5 Å². The molecule has 5 heteroatoms. The average molecular weight is 285 g/mol. The van der Waals surface area contributed by atoms with Gasteiger partial charge in [0.15, 0.2) is 0 Å². The van der Waals surface area contributed by atoms with E-state index >= 15 is 0 Å². The molecule has 0 saturated heterocycles. The fraction of sp³-hybridized carbons (Fsp3) is 0.250. The number of fused-ring (bicyclic) bond motifs is 1. The Kier molecular flexibility index (Phi) is 4.90. The predicted molar refractivity (Wildman–Crippen MR) is 83.8 cm³/mol. The molecule has 1 atom stereocenters. The minimum Gasteiger partial charge on any atom is -0.347 e. The molecule has 0 aliphatic heterocycles. The number of amides is 2. The van der Waals surface area contributed by atoms with Gasteiger partial charge < -0.3 is 16.4 Å². The van der Waals surface area contributed by atoms with Gasteiger partial charge in [-0.2, -0.15) is 0 Å². The van der Waals surface area contributed by atoms with E-state index in [9.17, 15) is 9.59 Å². The van der Waals surface area contributed by atoms with Gasteiger partial charge in [-0.3, -0.25) is 9.59 Å². The molecule has 0 heterocycles. The van der Waals surface area contributed by atoms with Crippen molar-refractivity contribution in [2.45, 2.75) is 6.92 Å². The molecule has 0 aliphatic carbocycles. The standard InChI is InChI=1S/C16H19N3O2/c1-11(9-17)16(21)18-10-15(20)19-14-8-4-6-12-5-2-3-7-13(12)14/h2-8,11H,9-10,17H2,1H3,(H,18,21)(H,19,20). The third kappa shape index (κ3) is 3.79. The summed E-state index contributed by atoms with van der Waals surface area (Å²) in [5.41, 5.74) is 6.14. The molecular formula is C16H19N3O2. The maximum Gasteiger partial charge on any atom is 0.243 e. The fourth-order valence-electron chi connectivity index (χ4n) is 1.98. The van der Waals surface area contributed by atoms with Crippen molar-refractivity contribution >= 4 is 28.3 Å². The van der Waals surface area contributed by atoms with Crippen molar-refractivity contribution in [3.05, 3.63) is 42.5 Å². The largest absolute Gasteiger partial charge is 0.347 e. The highest BCUT2D eigenvalue weighted by Gasteiger charge is 2.12. The minimum atomic E-state index is -0.296. The molecular weight excluding hydrogens is 266 g/mol. The molecule has 0 radical (unpaired) electrons. The Balaban J connectivity index is 2.00. The van der Waals surface area contributed by atoms with Crippen molar-refractivity contribution in [3.63, 3.8) is 0 Å². The molecule has 0 bridgehead atoms. The molecule has 2 amide bonds. The summed E-state index contributed by atoms with van der Waals surface area (Å²) in [6, 6.07) is 13.5.